The van der Waals surface area contributed by atoms with Crippen molar-refractivity contribution in [3.63, 3.8) is 0 Å². The molecule has 1 fully saturated rings. The minimum absolute atomic E-state index is 0.210. The van der Waals surface area contributed by atoms with Crippen molar-refractivity contribution in [2.45, 2.75) is 64.6 Å². The van der Waals surface area contributed by atoms with Crippen LogP contribution in [0, 0.1) is 35.5 Å². The van der Waals surface area contributed by atoms with Crippen molar-refractivity contribution in [3.8, 4) is 23.7 Å². The third-order valence-electron chi connectivity index (χ3n) is 5.44. The van der Waals surface area contributed by atoms with E-state index in [4.69, 9.17) is 14.6 Å². The van der Waals surface area contributed by atoms with Gasteiger partial charge in [0.15, 0.2) is 0 Å². The lowest BCUT2D eigenvalue weighted by Crippen LogP contribution is -2.62. The zero-order valence-corrected chi connectivity index (χ0v) is 21.2. The number of rotatable bonds is 6. The molecule has 1 saturated carbocycles. The van der Waals surface area contributed by atoms with E-state index in [0.717, 1.165) is 12.8 Å². The van der Waals surface area contributed by atoms with Gasteiger partial charge < -0.3 is 25.2 Å². The number of carbonyl (C=O) groups excluding carboxylic acids is 3. The summed E-state index contributed by atoms with van der Waals surface area (Å²) >= 11 is 0. The number of aliphatic hydroxyl groups is 1. The van der Waals surface area contributed by atoms with Crippen LogP contribution in [0.2, 0.25) is 0 Å². The molecule has 1 aromatic rings. The topological polar surface area (TPSA) is 114 Å². The Labute approximate surface area is 207 Å². The summed E-state index contributed by atoms with van der Waals surface area (Å²) in [5.41, 5.74) is -0.921. The fourth-order valence-corrected chi connectivity index (χ4v) is 3.45. The van der Waals surface area contributed by atoms with Crippen molar-refractivity contribution < 1.29 is 29.0 Å². The number of carbonyl (C=O) groups is 3. The van der Waals surface area contributed by atoms with E-state index in [1.54, 1.807) is 58.9 Å². The molecule has 2 amide bonds. The predicted molar refractivity (Wildman–Crippen MR) is 131 cm³/mol. The number of hydrogen-bond acceptors (Lipinski definition) is 6. The number of benzene rings is 1. The molecule has 0 radical (unpaired) electrons. The van der Waals surface area contributed by atoms with E-state index in [1.807, 2.05) is 0 Å². The number of hydrogen-bond donors (Lipinski definition) is 3. The minimum Gasteiger partial charge on any atom is -0.467 e. The Kier molecular flexibility index (Phi) is 9.33. The Morgan fingerprint density at radius 1 is 1.09 bits per heavy atom. The Balaban J connectivity index is 2.04. The molecular formula is C27H34N2O6. The molecule has 0 bridgehead atoms. The van der Waals surface area contributed by atoms with Gasteiger partial charge in [-0.3, -0.25) is 4.79 Å². The fourth-order valence-electron chi connectivity index (χ4n) is 3.45. The van der Waals surface area contributed by atoms with E-state index in [0.29, 0.717) is 23.0 Å². The lowest BCUT2D eigenvalue weighted by molar-refractivity contribution is -0.144. The first-order chi connectivity index (χ1) is 16.3. The van der Waals surface area contributed by atoms with Crippen LogP contribution in [0.15, 0.2) is 24.3 Å². The van der Waals surface area contributed by atoms with Gasteiger partial charge in [0.2, 0.25) is 0 Å². The van der Waals surface area contributed by atoms with Gasteiger partial charge in [-0.25, -0.2) is 9.59 Å². The van der Waals surface area contributed by atoms with E-state index in [9.17, 15) is 14.4 Å². The zero-order valence-electron chi connectivity index (χ0n) is 21.2. The van der Waals surface area contributed by atoms with Crippen LogP contribution in [-0.2, 0) is 14.3 Å². The first kappa shape index (κ1) is 27.8. The van der Waals surface area contributed by atoms with Crippen LogP contribution in [-0.4, -0.2) is 54.0 Å². The third kappa shape index (κ3) is 8.66. The van der Waals surface area contributed by atoms with Gasteiger partial charge in [-0.15, -0.1) is 0 Å². The summed E-state index contributed by atoms with van der Waals surface area (Å²) in [6.07, 6.45) is 1.10. The summed E-state index contributed by atoms with van der Waals surface area (Å²) in [5.74, 6) is 11.1. The normalized spacial score (nSPS) is 17.8. The van der Waals surface area contributed by atoms with Crippen molar-refractivity contribution in [1.82, 2.24) is 10.6 Å². The van der Waals surface area contributed by atoms with Crippen LogP contribution in [0.4, 0.5) is 4.79 Å². The van der Waals surface area contributed by atoms with Crippen LogP contribution in [0.3, 0.4) is 0 Å². The molecular weight excluding hydrogens is 448 g/mol. The summed E-state index contributed by atoms with van der Waals surface area (Å²) < 4.78 is 10.1. The number of aliphatic hydroxyl groups excluding tert-OH is 1. The molecule has 0 aliphatic heterocycles. The van der Waals surface area contributed by atoms with Crippen molar-refractivity contribution >= 4 is 18.0 Å². The van der Waals surface area contributed by atoms with Crippen molar-refractivity contribution in [2.24, 2.45) is 11.8 Å². The Hall–Kier alpha value is -3.49. The van der Waals surface area contributed by atoms with Crippen LogP contribution in [0.5, 0.6) is 0 Å². The third-order valence-corrected chi connectivity index (χ3v) is 5.44. The summed E-state index contributed by atoms with van der Waals surface area (Å²) in [4.78, 5) is 37.5. The van der Waals surface area contributed by atoms with Gasteiger partial charge in [0.25, 0.3) is 5.91 Å². The predicted octanol–water partition coefficient (Wildman–Crippen LogP) is 2.63. The highest BCUT2D eigenvalue weighted by atomic mass is 16.6. The van der Waals surface area contributed by atoms with E-state index >= 15 is 0 Å². The quantitative estimate of drug-likeness (QED) is 0.424. The first-order valence-electron chi connectivity index (χ1n) is 11.5. The minimum atomic E-state index is -1.20. The summed E-state index contributed by atoms with van der Waals surface area (Å²) in [6, 6.07) is 5.39. The molecule has 1 atom stereocenters. The lowest BCUT2D eigenvalue weighted by Gasteiger charge is -2.34. The van der Waals surface area contributed by atoms with Crippen LogP contribution >= 0.6 is 0 Å². The molecule has 0 spiro atoms. The van der Waals surface area contributed by atoms with Crippen LogP contribution in [0.1, 0.15) is 63.4 Å². The molecule has 3 N–H and O–H groups in total. The molecule has 0 saturated heterocycles. The van der Waals surface area contributed by atoms with Crippen molar-refractivity contribution in [2.75, 3.05) is 13.7 Å². The molecule has 0 aromatic heterocycles. The van der Waals surface area contributed by atoms with Crippen molar-refractivity contribution in [1.29, 1.82) is 0 Å². The zero-order chi connectivity index (χ0) is 26.2. The molecule has 188 valence electrons. The molecule has 1 aliphatic carbocycles. The number of amides is 2. The molecule has 8 heteroatoms. The number of ether oxygens (including phenoxy) is 2. The van der Waals surface area contributed by atoms with Gasteiger partial charge in [0.05, 0.1) is 12.6 Å². The Bertz CT molecular complexity index is 1040. The summed E-state index contributed by atoms with van der Waals surface area (Å²) in [6.45, 7) is 8.56. The molecule has 0 unspecified atom stereocenters. The highest BCUT2D eigenvalue weighted by Crippen LogP contribution is 2.32. The van der Waals surface area contributed by atoms with Gasteiger partial charge in [0.1, 0.15) is 11.6 Å². The monoisotopic (exact) mass is 482 g/mol. The molecule has 1 aromatic carbocycles. The van der Waals surface area contributed by atoms with Gasteiger partial charge >= 0.3 is 12.1 Å². The maximum Gasteiger partial charge on any atom is 0.408 e. The summed E-state index contributed by atoms with van der Waals surface area (Å²) in [5, 5.41) is 14.3. The summed E-state index contributed by atoms with van der Waals surface area (Å²) in [7, 11) is 1.21. The first-order valence-corrected chi connectivity index (χ1v) is 11.5. The largest absolute Gasteiger partial charge is 0.467 e. The molecule has 35 heavy (non-hydrogen) atoms. The number of alkyl carbamates (subject to hydrolysis) is 1. The van der Waals surface area contributed by atoms with E-state index in [2.05, 4.69) is 34.3 Å². The van der Waals surface area contributed by atoms with Gasteiger partial charge in [-0.1, -0.05) is 11.8 Å². The number of esters is 1. The maximum absolute atomic E-state index is 12.8. The highest BCUT2D eigenvalue weighted by Gasteiger charge is 2.40. The highest BCUT2D eigenvalue weighted by molar-refractivity contribution is 5.97. The second-order valence-electron chi connectivity index (χ2n) is 10.1. The van der Waals surface area contributed by atoms with Crippen LogP contribution < -0.4 is 10.6 Å². The second kappa shape index (κ2) is 11.8. The second-order valence-corrected chi connectivity index (χ2v) is 10.1. The smallest absolute Gasteiger partial charge is 0.408 e. The fraction of sp³-hybridized carbons (Fsp3) is 0.519. The van der Waals surface area contributed by atoms with E-state index < -0.39 is 35.2 Å². The van der Waals surface area contributed by atoms with Crippen LogP contribution in [0.25, 0.3) is 0 Å². The Morgan fingerprint density at radius 2 is 1.71 bits per heavy atom. The van der Waals surface area contributed by atoms with Crippen molar-refractivity contribution in [3.05, 3.63) is 35.4 Å². The van der Waals surface area contributed by atoms with E-state index in [1.165, 1.54) is 7.11 Å². The number of nitrogens with one attached hydrogen (secondary N) is 2. The van der Waals surface area contributed by atoms with E-state index in [-0.39, 0.29) is 6.61 Å². The molecule has 2 rings (SSSR count). The average molecular weight is 483 g/mol. The lowest BCUT2D eigenvalue weighted by atomic mass is 9.76. The Morgan fingerprint density at radius 3 is 2.26 bits per heavy atom. The molecule has 1 aliphatic rings. The standard InChI is InChI=1S/C27H34N2O6/c1-26(2,3)35-25(33)29-27(4,5)22(24(32)34-6)28-23(31)21-13-11-18(12-14-21)9-7-8-10-19-15-20(16-19)17-30/h11-14,19-20,22,30H,15-17H2,1-6H3,(H,28,31)(H,29,33)/t19?,20?,22-/m1/s1. The molecule has 8 nitrogen and oxygen atoms in total. The van der Waals surface area contributed by atoms with Gasteiger partial charge in [-0.05, 0) is 89.5 Å². The van der Waals surface area contributed by atoms with Gasteiger partial charge in [0, 0.05) is 23.7 Å². The molecule has 0 heterocycles. The maximum atomic E-state index is 12.8. The average Bonchev–Trinajstić information content (AvgIpc) is 2.73. The number of methoxy groups -OCH3 is 1. The SMILES string of the molecule is COC(=O)[C@@H](NC(=O)c1ccc(C#CC#CC2CC(CO)C2)cc1)C(C)(C)NC(=O)OC(C)(C)C. The van der Waals surface area contributed by atoms with Gasteiger partial charge in [-0.2, -0.15) is 0 Å².